The Morgan fingerprint density at radius 1 is 0.931 bits per heavy atom. The number of carbonyl (C=O) groups excluding carboxylic acids is 2. The van der Waals surface area contributed by atoms with E-state index in [1.807, 2.05) is 55.5 Å². The first kappa shape index (κ1) is 23.0. The molecular formula is C24H32N2O2S. The fourth-order valence-corrected chi connectivity index (χ4v) is 3.77. The maximum atomic E-state index is 13.0. The number of amides is 2. The third-order valence-corrected chi connectivity index (χ3v) is 5.65. The number of carbonyl (C=O) groups is 2. The number of nitrogens with one attached hydrogen (secondary N) is 1. The second kappa shape index (κ2) is 12.3. The van der Waals surface area contributed by atoms with Crippen molar-refractivity contribution in [3.8, 4) is 0 Å². The second-order valence-corrected chi connectivity index (χ2v) is 8.72. The molecule has 29 heavy (non-hydrogen) atoms. The minimum atomic E-state index is -0.499. The fourth-order valence-electron chi connectivity index (χ4n) is 2.88. The molecule has 1 atom stereocenters. The van der Waals surface area contributed by atoms with Gasteiger partial charge in [0.2, 0.25) is 11.8 Å². The standard InChI is InChI=1S/C24H32N2O2S/c1-19(2)16-25-24(28)20(3)26(17-21-10-6-4-7-11-21)23(27)14-15-29-18-22-12-8-5-9-13-22/h4-13,19-20H,14-18H2,1-3H3,(H,25,28)/t20-/m0/s1. The molecule has 0 radical (unpaired) electrons. The van der Waals surface area contributed by atoms with Crippen molar-refractivity contribution in [2.75, 3.05) is 12.3 Å². The lowest BCUT2D eigenvalue weighted by atomic mass is 10.1. The Bertz CT molecular complexity index is 750. The van der Waals surface area contributed by atoms with Crippen molar-refractivity contribution in [2.24, 2.45) is 5.92 Å². The predicted octanol–water partition coefficient (Wildman–Crippen LogP) is 4.50. The number of nitrogens with zero attached hydrogens (tertiary/aromatic N) is 1. The zero-order chi connectivity index (χ0) is 21.1. The SMILES string of the molecule is CC(C)CNC(=O)[C@H](C)N(Cc1ccccc1)C(=O)CCSCc1ccccc1. The molecule has 0 aromatic heterocycles. The molecule has 0 aliphatic heterocycles. The average Bonchev–Trinajstić information content (AvgIpc) is 2.74. The zero-order valence-corrected chi connectivity index (χ0v) is 18.5. The summed E-state index contributed by atoms with van der Waals surface area (Å²) in [5, 5.41) is 2.95. The van der Waals surface area contributed by atoms with Crippen molar-refractivity contribution >= 4 is 23.6 Å². The first-order valence-electron chi connectivity index (χ1n) is 10.2. The van der Waals surface area contributed by atoms with Gasteiger partial charge in [-0.15, -0.1) is 0 Å². The third kappa shape index (κ3) is 8.32. The summed E-state index contributed by atoms with van der Waals surface area (Å²) in [5.41, 5.74) is 2.29. The van der Waals surface area contributed by atoms with Gasteiger partial charge in [-0.05, 0) is 24.0 Å². The summed E-state index contributed by atoms with van der Waals surface area (Å²) in [7, 11) is 0. The topological polar surface area (TPSA) is 49.4 Å². The monoisotopic (exact) mass is 412 g/mol. The highest BCUT2D eigenvalue weighted by Gasteiger charge is 2.25. The van der Waals surface area contributed by atoms with Crippen LogP contribution in [0, 0.1) is 5.92 Å². The molecule has 0 aliphatic carbocycles. The van der Waals surface area contributed by atoms with Crippen LogP contribution in [0.2, 0.25) is 0 Å². The molecule has 0 fully saturated rings. The smallest absolute Gasteiger partial charge is 0.242 e. The van der Waals surface area contributed by atoms with E-state index in [1.165, 1.54) is 5.56 Å². The Labute approximate surface area is 179 Å². The molecule has 0 unspecified atom stereocenters. The van der Waals surface area contributed by atoms with Gasteiger partial charge in [-0.25, -0.2) is 0 Å². The lowest BCUT2D eigenvalue weighted by Gasteiger charge is -2.29. The minimum Gasteiger partial charge on any atom is -0.354 e. The maximum absolute atomic E-state index is 13.0. The molecule has 2 amide bonds. The zero-order valence-electron chi connectivity index (χ0n) is 17.6. The molecule has 4 nitrogen and oxygen atoms in total. The van der Waals surface area contributed by atoms with Crippen molar-refractivity contribution in [2.45, 2.75) is 45.5 Å². The van der Waals surface area contributed by atoms with Crippen molar-refractivity contribution in [3.05, 3.63) is 71.8 Å². The number of hydrogen-bond acceptors (Lipinski definition) is 3. The molecule has 2 aromatic carbocycles. The maximum Gasteiger partial charge on any atom is 0.242 e. The van der Waals surface area contributed by atoms with Crippen LogP contribution in [0.3, 0.4) is 0 Å². The molecule has 0 saturated carbocycles. The number of thioether (sulfide) groups is 1. The van der Waals surface area contributed by atoms with E-state index in [0.29, 0.717) is 25.4 Å². The quantitative estimate of drug-likeness (QED) is 0.553. The lowest BCUT2D eigenvalue weighted by molar-refractivity contribution is -0.140. The van der Waals surface area contributed by atoms with Crippen LogP contribution in [0.15, 0.2) is 60.7 Å². The average molecular weight is 413 g/mol. The van der Waals surface area contributed by atoms with E-state index in [9.17, 15) is 9.59 Å². The Morgan fingerprint density at radius 2 is 1.52 bits per heavy atom. The molecule has 0 saturated heterocycles. The highest BCUT2D eigenvalue weighted by atomic mass is 32.2. The highest BCUT2D eigenvalue weighted by Crippen LogP contribution is 2.16. The van der Waals surface area contributed by atoms with Gasteiger partial charge < -0.3 is 10.2 Å². The van der Waals surface area contributed by atoms with E-state index in [4.69, 9.17) is 0 Å². The predicted molar refractivity (Wildman–Crippen MR) is 122 cm³/mol. The van der Waals surface area contributed by atoms with E-state index in [1.54, 1.807) is 16.7 Å². The second-order valence-electron chi connectivity index (χ2n) is 7.61. The van der Waals surface area contributed by atoms with Gasteiger partial charge in [0.05, 0.1) is 0 Å². The number of benzene rings is 2. The number of hydrogen-bond donors (Lipinski definition) is 1. The molecule has 0 aliphatic rings. The normalized spacial score (nSPS) is 11.9. The van der Waals surface area contributed by atoms with Gasteiger partial charge in [0, 0.05) is 31.0 Å². The van der Waals surface area contributed by atoms with Crippen LogP contribution in [0.5, 0.6) is 0 Å². The van der Waals surface area contributed by atoms with Crippen LogP contribution < -0.4 is 5.32 Å². The summed E-state index contributed by atoms with van der Waals surface area (Å²) < 4.78 is 0. The lowest BCUT2D eigenvalue weighted by Crippen LogP contribution is -2.48. The van der Waals surface area contributed by atoms with Crippen LogP contribution in [0.25, 0.3) is 0 Å². The number of rotatable bonds is 11. The summed E-state index contributed by atoms with van der Waals surface area (Å²) in [4.78, 5) is 27.3. The van der Waals surface area contributed by atoms with Gasteiger partial charge >= 0.3 is 0 Å². The van der Waals surface area contributed by atoms with Crippen LogP contribution in [-0.2, 0) is 21.9 Å². The molecule has 1 N–H and O–H groups in total. The Balaban J connectivity index is 1.95. The Morgan fingerprint density at radius 3 is 2.10 bits per heavy atom. The van der Waals surface area contributed by atoms with Gasteiger partial charge in [-0.3, -0.25) is 9.59 Å². The van der Waals surface area contributed by atoms with E-state index in [0.717, 1.165) is 17.1 Å². The summed E-state index contributed by atoms with van der Waals surface area (Å²) in [5.74, 6) is 1.91. The van der Waals surface area contributed by atoms with Crippen molar-refractivity contribution in [1.29, 1.82) is 0 Å². The van der Waals surface area contributed by atoms with Gasteiger partial charge in [-0.2, -0.15) is 11.8 Å². The summed E-state index contributed by atoms with van der Waals surface area (Å²) in [6.45, 7) is 6.99. The van der Waals surface area contributed by atoms with E-state index in [2.05, 4.69) is 31.3 Å². The van der Waals surface area contributed by atoms with Gasteiger partial charge in [-0.1, -0.05) is 74.5 Å². The minimum absolute atomic E-state index is 0.0154. The van der Waals surface area contributed by atoms with E-state index < -0.39 is 6.04 Å². The molecule has 2 rings (SSSR count). The molecule has 156 valence electrons. The molecule has 0 spiro atoms. The first-order valence-corrected chi connectivity index (χ1v) is 11.4. The Kier molecular flexibility index (Phi) is 9.78. The van der Waals surface area contributed by atoms with E-state index >= 15 is 0 Å². The first-order chi connectivity index (χ1) is 14.0. The molecular weight excluding hydrogens is 380 g/mol. The van der Waals surface area contributed by atoms with E-state index in [-0.39, 0.29) is 11.8 Å². The van der Waals surface area contributed by atoms with Crippen LogP contribution >= 0.6 is 11.8 Å². The van der Waals surface area contributed by atoms with Crippen LogP contribution in [0.4, 0.5) is 0 Å². The van der Waals surface area contributed by atoms with Crippen molar-refractivity contribution in [3.63, 3.8) is 0 Å². The summed E-state index contributed by atoms with van der Waals surface area (Å²) in [6.07, 6.45) is 0.423. The van der Waals surface area contributed by atoms with Crippen molar-refractivity contribution in [1.82, 2.24) is 10.2 Å². The molecule has 2 aromatic rings. The molecule has 0 heterocycles. The van der Waals surface area contributed by atoms with Gasteiger partial charge in [0.15, 0.2) is 0 Å². The van der Waals surface area contributed by atoms with Crippen LogP contribution in [-0.4, -0.2) is 35.1 Å². The Hall–Kier alpha value is -2.27. The third-order valence-electron chi connectivity index (χ3n) is 4.62. The summed E-state index contributed by atoms with van der Waals surface area (Å²) in [6, 6.07) is 19.6. The van der Waals surface area contributed by atoms with Gasteiger partial charge in [0.1, 0.15) is 6.04 Å². The fraction of sp³-hybridized carbons (Fsp3) is 0.417. The summed E-state index contributed by atoms with van der Waals surface area (Å²) >= 11 is 1.74. The molecule has 5 heteroatoms. The largest absolute Gasteiger partial charge is 0.354 e. The highest BCUT2D eigenvalue weighted by molar-refractivity contribution is 7.98. The molecule has 0 bridgehead atoms. The van der Waals surface area contributed by atoms with Gasteiger partial charge in [0.25, 0.3) is 0 Å². The van der Waals surface area contributed by atoms with Crippen LogP contribution in [0.1, 0.15) is 38.3 Å². The van der Waals surface area contributed by atoms with Crippen molar-refractivity contribution < 1.29 is 9.59 Å².